The molecule has 0 bridgehead atoms. The molecule has 0 spiro atoms. The van der Waals surface area contributed by atoms with E-state index in [2.05, 4.69) is 16.9 Å². The van der Waals surface area contributed by atoms with E-state index in [1.54, 1.807) is 13.2 Å². The smallest absolute Gasteiger partial charge is 0.141 e. The summed E-state index contributed by atoms with van der Waals surface area (Å²) in [6.45, 7) is 4.12. The number of aryl methyl sites for hydroxylation is 2. The van der Waals surface area contributed by atoms with Gasteiger partial charge in [-0.15, -0.1) is 0 Å². The standard InChI is InChI=1S/C13H17N3O/c1-4-11-8(2)15-13(16-11)10-6-5-9(14)7-12(10)17-3/h5-7H,4,14H2,1-3H3,(H,15,16). The van der Waals surface area contributed by atoms with Gasteiger partial charge in [0, 0.05) is 17.4 Å². The van der Waals surface area contributed by atoms with E-state index in [4.69, 9.17) is 10.5 Å². The Morgan fingerprint density at radius 1 is 1.41 bits per heavy atom. The number of nitrogens with zero attached hydrogens (tertiary/aromatic N) is 1. The van der Waals surface area contributed by atoms with Crippen LogP contribution >= 0.6 is 0 Å². The molecule has 3 N–H and O–H groups in total. The Hall–Kier alpha value is -1.97. The number of anilines is 1. The number of benzene rings is 1. The molecule has 0 aliphatic rings. The van der Waals surface area contributed by atoms with Crippen LogP contribution in [0, 0.1) is 6.92 Å². The lowest BCUT2D eigenvalue weighted by Gasteiger charge is -2.06. The maximum atomic E-state index is 5.73. The first kappa shape index (κ1) is 11.5. The number of hydrogen-bond donors (Lipinski definition) is 2. The third-order valence-electron chi connectivity index (χ3n) is 2.80. The van der Waals surface area contributed by atoms with Crippen LogP contribution in [0.3, 0.4) is 0 Å². The molecule has 0 saturated heterocycles. The number of methoxy groups -OCH3 is 1. The zero-order chi connectivity index (χ0) is 12.4. The van der Waals surface area contributed by atoms with E-state index in [1.165, 1.54) is 0 Å². The summed E-state index contributed by atoms with van der Waals surface area (Å²) >= 11 is 0. The molecule has 0 aliphatic heterocycles. The summed E-state index contributed by atoms with van der Waals surface area (Å²) < 4.78 is 5.32. The topological polar surface area (TPSA) is 63.9 Å². The van der Waals surface area contributed by atoms with Crippen molar-refractivity contribution >= 4 is 5.69 Å². The van der Waals surface area contributed by atoms with E-state index in [-0.39, 0.29) is 0 Å². The van der Waals surface area contributed by atoms with Gasteiger partial charge in [-0.2, -0.15) is 0 Å². The molecule has 0 atom stereocenters. The summed E-state index contributed by atoms with van der Waals surface area (Å²) in [7, 11) is 1.63. The second-order valence-corrected chi connectivity index (χ2v) is 3.97. The van der Waals surface area contributed by atoms with Crippen LogP contribution < -0.4 is 10.5 Å². The molecule has 1 heterocycles. The molecule has 0 saturated carbocycles. The Morgan fingerprint density at radius 2 is 2.18 bits per heavy atom. The fourth-order valence-corrected chi connectivity index (χ4v) is 1.87. The normalized spacial score (nSPS) is 10.5. The molecule has 0 unspecified atom stereocenters. The van der Waals surface area contributed by atoms with E-state index >= 15 is 0 Å². The van der Waals surface area contributed by atoms with Gasteiger partial charge >= 0.3 is 0 Å². The van der Waals surface area contributed by atoms with Crippen molar-refractivity contribution in [2.45, 2.75) is 20.3 Å². The van der Waals surface area contributed by atoms with Gasteiger partial charge in [0.1, 0.15) is 11.6 Å². The maximum Gasteiger partial charge on any atom is 0.141 e. The Labute approximate surface area is 101 Å². The lowest BCUT2D eigenvalue weighted by molar-refractivity contribution is 0.416. The van der Waals surface area contributed by atoms with E-state index in [9.17, 15) is 0 Å². The zero-order valence-electron chi connectivity index (χ0n) is 10.4. The molecule has 4 heteroatoms. The summed E-state index contributed by atoms with van der Waals surface area (Å²) in [5.41, 5.74) is 9.53. The monoisotopic (exact) mass is 231 g/mol. The Bertz CT molecular complexity index is 531. The highest BCUT2D eigenvalue weighted by Crippen LogP contribution is 2.30. The predicted molar refractivity (Wildman–Crippen MR) is 69.1 cm³/mol. The summed E-state index contributed by atoms with van der Waals surface area (Å²) in [6.07, 6.45) is 0.916. The first-order valence-corrected chi connectivity index (χ1v) is 5.65. The number of aromatic amines is 1. The number of imidazole rings is 1. The van der Waals surface area contributed by atoms with Crippen LogP contribution in [-0.4, -0.2) is 17.1 Å². The number of rotatable bonds is 3. The van der Waals surface area contributed by atoms with Gasteiger partial charge in [0.25, 0.3) is 0 Å². The number of nitrogen functional groups attached to an aromatic ring is 1. The largest absolute Gasteiger partial charge is 0.496 e. The average molecular weight is 231 g/mol. The number of nitrogens with one attached hydrogen (secondary N) is 1. The van der Waals surface area contributed by atoms with Gasteiger partial charge in [0.15, 0.2) is 0 Å². The quantitative estimate of drug-likeness (QED) is 0.798. The van der Waals surface area contributed by atoms with Crippen molar-refractivity contribution in [2.24, 2.45) is 0 Å². The SMILES string of the molecule is CCc1nc(-c2ccc(N)cc2OC)[nH]c1C. The average Bonchev–Trinajstić information content (AvgIpc) is 2.70. The molecule has 4 nitrogen and oxygen atoms in total. The maximum absolute atomic E-state index is 5.73. The summed E-state index contributed by atoms with van der Waals surface area (Å²) in [4.78, 5) is 7.83. The van der Waals surface area contributed by atoms with Gasteiger partial charge in [-0.25, -0.2) is 4.98 Å². The van der Waals surface area contributed by atoms with Crippen LogP contribution in [0.5, 0.6) is 5.75 Å². The molecule has 0 radical (unpaired) electrons. The van der Waals surface area contributed by atoms with Gasteiger partial charge < -0.3 is 15.5 Å². The first-order valence-electron chi connectivity index (χ1n) is 5.65. The van der Waals surface area contributed by atoms with E-state index in [0.717, 1.165) is 34.9 Å². The third-order valence-corrected chi connectivity index (χ3v) is 2.80. The molecule has 17 heavy (non-hydrogen) atoms. The summed E-state index contributed by atoms with van der Waals surface area (Å²) in [5.74, 6) is 1.57. The lowest BCUT2D eigenvalue weighted by Crippen LogP contribution is -1.92. The van der Waals surface area contributed by atoms with E-state index in [1.807, 2.05) is 19.1 Å². The van der Waals surface area contributed by atoms with Crippen molar-refractivity contribution in [3.8, 4) is 17.1 Å². The van der Waals surface area contributed by atoms with Crippen molar-refractivity contribution in [3.63, 3.8) is 0 Å². The number of ether oxygens (including phenoxy) is 1. The minimum Gasteiger partial charge on any atom is -0.496 e. The third kappa shape index (κ3) is 2.11. The Morgan fingerprint density at radius 3 is 2.76 bits per heavy atom. The van der Waals surface area contributed by atoms with Gasteiger partial charge in [0.05, 0.1) is 18.4 Å². The fraction of sp³-hybridized carbons (Fsp3) is 0.308. The van der Waals surface area contributed by atoms with Gasteiger partial charge in [-0.1, -0.05) is 6.92 Å². The van der Waals surface area contributed by atoms with Crippen molar-refractivity contribution < 1.29 is 4.74 Å². The summed E-state index contributed by atoms with van der Waals surface area (Å²) in [5, 5.41) is 0. The second-order valence-electron chi connectivity index (χ2n) is 3.97. The van der Waals surface area contributed by atoms with Crippen LogP contribution in [0.4, 0.5) is 5.69 Å². The van der Waals surface area contributed by atoms with Crippen molar-refractivity contribution in [1.29, 1.82) is 0 Å². The Kier molecular flexibility index (Phi) is 3.04. The van der Waals surface area contributed by atoms with Crippen LogP contribution in [-0.2, 0) is 6.42 Å². The molecule has 1 aromatic carbocycles. The Balaban J connectivity index is 2.51. The minimum atomic E-state index is 0.685. The number of nitrogens with two attached hydrogens (primary N) is 1. The lowest BCUT2D eigenvalue weighted by atomic mass is 10.1. The zero-order valence-corrected chi connectivity index (χ0v) is 10.4. The van der Waals surface area contributed by atoms with Gasteiger partial charge in [-0.05, 0) is 25.5 Å². The number of aromatic nitrogens is 2. The molecule has 1 aromatic heterocycles. The number of H-pyrrole nitrogens is 1. The predicted octanol–water partition coefficient (Wildman–Crippen LogP) is 2.54. The fourth-order valence-electron chi connectivity index (χ4n) is 1.87. The van der Waals surface area contributed by atoms with Crippen LogP contribution in [0.2, 0.25) is 0 Å². The summed E-state index contributed by atoms with van der Waals surface area (Å²) in [6, 6.07) is 5.58. The molecular formula is C13H17N3O. The van der Waals surface area contributed by atoms with Crippen molar-refractivity contribution in [3.05, 3.63) is 29.6 Å². The van der Waals surface area contributed by atoms with Gasteiger partial charge in [0.2, 0.25) is 0 Å². The highest BCUT2D eigenvalue weighted by atomic mass is 16.5. The molecule has 0 amide bonds. The molecule has 0 aliphatic carbocycles. The number of hydrogen-bond acceptors (Lipinski definition) is 3. The molecule has 2 aromatic rings. The molecule has 90 valence electrons. The van der Waals surface area contributed by atoms with Crippen molar-refractivity contribution in [2.75, 3.05) is 12.8 Å². The second kappa shape index (κ2) is 4.49. The molecular weight excluding hydrogens is 214 g/mol. The highest BCUT2D eigenvalue weighted by molar-refractivity contribution is 5.68. The van der Waals surface area contributed by atoms with E-state index < -0.39 is 0 Å². The van der Waals surface area contributed by atoms with Gasteiger partial charge in [-0.3, -0.25) is 0 Å². The van der Waals surface area contributed by atoms with Crippen LogP contribution in [0.1, 0.15) is 18.3 Å². The van der Waals surface area contributed by atoms with Crippen molar-refractivity contribution in [1.82, 2.24) is 9.97 Å². The first-order chi connectivity index (χ1) is 8.15. The van der Waals surface area contributed by atoms with Crippen LogP contribution in [0.25, 0.3) is 11.4 Å². The highest BCUT2D eigenvalue weighted by Gasteiger charge is 2.11. The molecule has 2 rings (SSSR count). The van der Waals surface area contributed by atoms with E-state index in [0.29, 0.717) is 5.69 Å². The molecule has 0 fully saturated rings. The van der Waals surface area contributed by atoms with Crippen LogP contribution in [0.15, 0.2) is 18.2 Å². The minimum absolute atomic E-state index is 0.685.